The number of halogens is 3. The lowest BCUT2D eigenvalue weighted by molar-refractivity contribution is 0.0780. The van der Waals surface area contributed by atoms with Crippen LogP contribution < -0.4 is 0 Å². The summed E-state index contributed by atoms with van der Waals surface area (Å²) in [5.74, 6) is 0.694. The first kappa shape index (κ1) is 14.1. The minimum atomic E-state index is -0.0931. The van der Waals surface area contributed by atoms with E-state index < -0.39 is 0 Å². The lowest BCUT2D eigenvalue weighted by Gasteiger charge is -2.19. The smallest absolute Gasteiger partial charge is 0.265 e. The van der Waals surface area contributed by atoms with Gasteiger partial charge >= 0.3 is 0 Å². The third kappa shape index (κ3) is 3.27. The Morgan fingerprint density at radius 2 is 1.94 bits per heavy atom. The van der Waals surface area contributed by atoms with E-state index in [0.29, 0.717) is 34.7 Å². The van der Waals surface area contributed by atoms with E-state index in [0.717, 1.165) is 5.56 Å². The first-order chi connectivity index (χ1) is 7.61. The summed E-state index contributed by atoms with van der Waals surface area (Å²) in [6.07, 6.45) is 0. The molecule has 0 spiro atoms. The molecule has 0 saturated carbocycles. The number of amides is 1. The number of carbonyl (C=O) groups excluding carboxylic acids is 1. The van der Waals surface area contributed by atoms with Crippen molar-refractivity contribution in [3.63, 3.8) is 0 Å². The molecule has 0 bridgehead atoms. The van der Waals surface area contributed by atoms with E-state index in [-0.39, 0.29) is 5.91 Å². The second kappa shape index (κ2) is 6.70. The van der Waals surface area contributed by atoms with Crippen molar-refractivity contribution < 1.29 is 4.79 Å². The van der Waals surface area contributed by atoms with Crippen LogP contribution in [-0.4, -0.2) is 35.7 Å². The summed E-state index contributed by atoms with van der Waals surface area (Å²) in [5, 5.41) is 2.40. The highest BCUT2D eigenvalue weighted by molar-refractivity contribution is 7.13. The van der Waals surface area contributed by atoms with Gasteiger partial charge in [-0.3, -0.25) is 4.79 Å². The van der Waals surface area contributed by atoms with Gasteiger partial charge in [-0.05, 0) is 17.9 Å². The molecule has 0 aliphatic heterocycles. The van der Waals surface area contributed by atoms with Gasteiger partial charge in [-0.25, -0.2) is 0 Å². The summed E-state index contributed by atoms with van der Waals surface area (Å²) in [6, 6.07) is 0. The predicted molar refractivity (Wildman–Crippen MR) is 71.4 cm³/mol. The van der Waals surface area contributed by atoms with Crippen LogP contribution in [0.4, 0.5) is 0 Å². The summed E-state index contributed by atoms with van der Waals surface area (Å²) in [4.78, 5) is 14.3. The van der Waals surface area contributed by atoms with Crippen molar-refractivity contribution in [2.75, 3.05) is 24.8 Å². The van der Waals surface area contributed by atoms with Crippen LogP contribution in [0.25, 0.3) is 0 Å². The average Bonchev–Trinajstić information content (AvgIpc) is 2.59. The Hall–Kier alpha value is 0.0400. The molecule has 0 aliphatic rings. The Balaban J connectivity index is 2.85. The normalized spacial score (nSPS) is 10.5. The Labute approximate surface area is 114 Å². The number of aryl methyl sites for hydroxylation is 1. The summed E-state index contributed by atoms with van der Waals surface area (Å²) in [7, 11) is 0. The summed E-state index contributed by atoms with van der Waals surface area (Å²) in [5.41, 5.74) is 0.923. The second-order valence-electron chi connectivity index (χ2n) is 3.23. The van der Waals surface area contributed by atoms with Crippen molar-refractivity contribution in [2.45, 2.75) is 6.92 Å². The molecule has 0 aliphatic carbocycles. The van der Waals surface area contributed by atoms with Gasteiger partial charge in [-0.15, -0.1) is 34.5 Å². The quantitative estimate of drug-likeness (QED) is 0.760. The first-order valence-corrected chi connectivity index (χ1v) is 7.09. The van der Waals surface area contributed by atoms with Crippen LogP contribution in [0, 0.1) is 6.92 Å². The van der Waals surface area contributed by atoms with Crippen molar-refractivity contribution in [3.8, 4) is 0 Å². The van der Waals surface area contributed by atoms with Gasteiger partial charge in [0.25, 0.3) is 5.91 Å². The number of rotatable bonds is 5. The lowest BCUT2D eigenvalue weighted by atomic mass is 10.3. The molecule has 0 radical (unpaired) electrons. The van der Waals surface area contributed by atoms with E-state index >= 15 is 0 Å². The molecule has 1 aromatic rings. The zero-order valence-electron chi connectivity index (χ0n) is 8.80. The second-order valence-corrected chi connectivity index (χ2v) is 5.25. The number of thiophene rings is 1. The first-order valence-electron chi connectivity index (χ1n) is 4.76. The SMILES string of the molecule is Cc1csc(C(=O)N(CCCl)CCCl)c1Cl. The van der Waals surface area contributed by atoms with E-state index in [1.54, 1.807) is 4.90 Å². The van der Waals surface area contributed by atoms with E-state index in [4.69, 9.17) is 34.8 Å². The Morgan fingerprint density at radius 3 is 2.31 bits per heavy atom. The Morgan fingerprint density at radius 1 is 1.38 bits per heavy atom. The molecular weight excluding hydrogens is 289 g/mol. The van der Waals surface area contributed by atoms with E-state index in [2.05, 4.69) is 0 Å². The maximum atomic E-state index is 12.1. The molecule has 1 amide bonds. The van der Waals surface area contributed by atoms with E-state index in [9.17, 15) is 4.79 Å². The summed E-state index contributed by atoms with van der Waals surface area (Å²) in [6.45, 7) is 2.85. The number of carbonyl (C=O) groups is 1. The molecular formula is C10H12Cl3NOS. The Kier molecular flexibility index (Phi) is 5.90. The Bertz CT molecular complexity index is 361. The molecule has 0 atom stereocenters. The average molecular weight is 301 g/mol. The summed E-state index contributed by atoms with van der Waals surface area (Å²) >= 11 is 18.7. The number of alkyl halides is 2. The third-order valence-corrected chi connectivity index (χ3v) is 4.11. The van der Waals surface area contributed by atoms with Crippen molar-refractivity contribution in [3.05, 3.63) is 20.8 Å². The largest absolute Gasteiger partial charge is 0.336 e. The molecule has 0 aromatic carbocycles. The molecule has 6 heteroatoms. The molecule has 1 heterocycles. The van der Waals surface area contributed by atoms with Crippen molar-refractivity contribution in [1.82, 2.24) is 4.90 Å². The maximum absolute atomic E-state index is 12.1. The molecule has 0 saturated heterocycles. The van der Waals surface area contributed by atoms with Crippen molar-refractivity contribution in [1.29, 1.82) is 0 Å². The fourth-order valence-electron chi connectivity index (χ4n) is 1.24. The number of nitrogens with zero attached hydrogens (tertiary/aromatic N) is 1. The van der Waals surface area contributed by atoms with Crippen LogP contribution in [0.15, 0.2) is 5.38 Å². The molecule has 0 N–H and O–H groups in total. The fraction of sp³-hybridized carbons (Fsp3) is 0.500. The molecule has 1 rings (SSSR count). The summed E-state index contributed by atoms with van der Waals surface area (Å²) < 4.78 is 0. The van der Waals surface area contributed by atoms with E-state index in [1.165, 1.54) is 11.3 Å². The van der Waals surface area contributed by atoms with Gasteiger partial charge in [-0.2, -0.15) is 0 Å². The third-order valence-electron chi connectivity index (χ3n) is 2.09. The molecule has 2 nitrogen and oxygen atoms in total. The van der Waals surface area contributed by atoms with Crippen molar-refractivity contribution >= 4 is 52.0 Å². The van der Waals surface area contributed by atoms with Crippen LogP contribution >= 0.6 is 46.1 Å². The number of hydrogen-bond acceptors (Lipinski definition) is 2. The standard InChI is InChI=1S/C10H12Cl3NOS/c1-7-6-16-9(8(7)13)10(15)14(4-2-11)5-3-12/h6H,2-5H2,1H3. The minimum absolute atomic E-state index is 0.0931. The highest BCUT2D eigenvalue weighted by atomic mass is 35.5. The van der Waals surface area contributed by atoms with Crippen LogP contribution in [0.5, 0.6) is 0 Å². The van der Waals surface area contributed by atoms with Gasteiger partial charge in [-0.1, -0.05) is 11.6 Å². The molecule has 0 fully saturated rings. The minimum Gasteiger partial charge on any atom is -0.336 e. The van der Waals surface area contributed by atoms with Gasteiger partial charge in [0.1, 0.15) is 4.88 Å². The van der Waals surface area contributed by atoms with Crippen LogP contribution in [0.1, 0.15) is 15.2 Å². The molecule has 90 valence electrons. The monoisotopic (exact) mass is 299 g/mol. The van der Waals surface area contributed by atoms with Gasteiger partial charge in [0.05, 0.1) is 5.02 Å². The van der Waals surface area contributed by atoms with Crippen LogP contribution in [0.3, 0.4) is 0 Å². The van der Waals surface area contributed by atoms with Gasteiger partial charge < -0.3 is 4.90 Å². The molecule has 16 heavy (non-hydrogen) atoms. The maximum Gasteiger partial charge on any atom is 0.265 e. The molecule has 1 aromatic heterocycles. The van der Waals surface area contributed by atoms with E-state index in [1.807, 2.05) is 12.3 Å². The fourth-order valence-corrected chi connectivity index (χ4v) is 2.89. The van der Waals surface area contributed by atoms with Crippen LogP contribution in [0.2, 0.25) is 5.02 Å². The van der Waals surface area contributed by atoms with Gasteiger partial charge in [0.15, 0.2) is 0 Å². The van der Waals surface area contributed by atoms with Gasteiger partial charge in [0, 0.05) is 24.8 Å². The zero-order valence-corrected chi connectivity index (χ0v) is 11.9. The lowest BCUT2D eigenvalue weighted by Crippen LogP contribution is -2.34. The number of hydrogen-bond donors (Lipinski definition) is 0. The predicted octanol–water partition coefficient (Wildman–Crippen LogP) is 3.63. The van der Waals surface area contributed by atoms with Gasteiger partial charge in [0.2, 0.25) is 0 Å². The molecule has 0 unspecified atom stereocenters. The van der Waals surface area contributed by atoms with Crippen molar-refractivity contribution in [2.24, 2.45) is 0 Å². The highest BCUT2D eigenvalue weighted by Crippen LogP contribution is 2.28. The van der Waals surface area contributed by atoms with Crippen LogP contribution in [-0.2, 0) is 0 Å². The zero-order chi connectivity index (χ0) is 12.1. The topological polar surface area (TPSA) is 20.3 Å². The highest BCUT2D eigenvalue weighted by Gasteiger charge is 2.20.